The average molecular weight is 297 g/mol. The maximum Gasteiger partial charge on any atom is 0.194 e. The molecule has 2 aromatic carbocycles. The van der Waals surface area contributed by atoms with Crippen LogP contribution in [0.2, 0.25) is 0 Å². The van der Waals surface area contributed by atoms with Gasteiger partial charge in [-0.3, -0.25) is 0 Å². The lowest BCUT2D eigenvalue weighted by molar-refractivity contribution is 0.447. The summed E-state index contributed by atoms with van der Waals surface area (Å²) in [5.74, 6) is -4.85. The topological polar surface area (TPSA) is 12.0 Å². The van der Waals surface area contributed by atoms with E-state index in [2.05, 4.69) is 5.32 Å². The summed E-state index contributed by atoms with van der Waals surface area (Å²) < 4.78 is 53.3. The highest BCUT2D eigenvalue weighted by molar-refractivity contribution is 5.65. The predicted octanol–water partition coefficient (Wildman–Crippen LogP) is 4.41. The summed E-state index contributed by atoms with van der Waals surface area (Å²) in [5.41, 5.74) is 0.774. The van der Waals surface area contributed by atoms with Crippen molar-refractivity contribution in [1.29, 1.82) is 0 Å². The van der Waals surface area contributed by atoms with Crippen LogP contribution in [0.15, 0.2) is 30.3 Å². The zero-order valence-electron chi connectivity index (χ0n) is 11.7. The molecule has 0 aliphatic carbocycles. The molecule has 0 spiro atoms. The molecular formula is C16H15F4N. The lowest BCUT2D eigenvalue weighted by Gasteiger charge is -2.11. The van der Waals surface area contributed by atoms with E-state index in [1.165, 1.54) is 12.1 Å². The Bertz CT molecular complexity index is 630. The number of rotatable bonds is 4. The molecule has 0 saturated carbocycles. The van der Waals surface area contributed by atoms with Crippen LogP contribution >= 0.6 is 0 Å². The second-order valence-electron chi connectivity index (χ2n) is 5.10. The highest BCUT2D eigenvalue weighted by Gasteiger charge is 2.14. The van der Waals surface area contributed by atoms with Crippen molar-refractivity contribution in [1.82, 2.24) is 5.32 Å². The Morgan fingerprint density at radius 2 is 1.52 bits per heavy atom. The Labute approximate surface area is 120 Å². The Balaban J connectivity index is 2.41. The van der Waals surface area contributed by atoms with Crippen molar-refractivity contribution in [2.75, 3.05) is 0 Å². The molecule has 1 N–H and O–H groups in total. The third-order valence-electron chi connectivity index (χ3n) is 3.04. The summed E-state index contributed by atoms with van der Waals surface area (Å²) >= 11 is 0. The van der Waals surface area contributed by atoms with Crippen molar-refractivity contribution in [3.8, 4) is 11.1 Å². The molecule has 0 bridgehead atoms. The molecule has 0 fully saturated rings. The lowest BCUT2D eigenvalue weighted by Crippen LogP contribution is -2.21. The van der Waals surface area contributed by atoms with E-state index in [-0.39, 0.29) is 17.2 Å². The highest BCUT2D eigenvalue weighted by Crippen LogP contribution is 2.27. The van der Waals surface area contributed by atoms with E-state index < -0.39 is 23.3 Å². The summed E-state index contributed by atoms with van der Waals surface area (Å²) in [5, 5.41) is 3.16. The molecule has 0 heterocycles. The van der Waals surface area contributed by atoms with Gasteiger partial charge in [-0.05, 0) is 35.4 Å². The van der Waals surface area contributed by atoms with Crippen LogP contribution in [0, 0.1) is 23.3 Å². The van der Waals surface area contributed by atoms with Gasteiger partial charge in [-0.2, -0.15) is 0 Å². The van der Waals surface area contributed by atoms with Crippen LogP contribution in [-0.4, -0.2) is 6.04 Å². The molecule has 2 rings (SSSR count). The van der Waals surface area contributed by atoms with Gasteiger partial charge in [0.25, 0.3) is 0 Å². The Kier molecular flexibility index (Phi) is 4.63. The first-order chi connectivity index (χ1) is 9.88. The number of hydrogen-bond donors (Lipinski definition) is 1. The molecule has 2 aromatic rings. The number of nitrogens with one attached hydrogen (secondary N) is 1. The van der Waals surface area contributed by atoms with Crippen LogP contribution in [0.5, 0.6) is 0 Å². The van der Waals surface area contributed by atoms with Gasteiger partial charge in [0, 0.05) is 18.2 Å². The first-order valence-electron chi connectivity index (χ1n) is 6.55. The normalized spacial score (nSPS) is 11.2. The molecule has 5 heteroatoms. The Morgan fingerprint density at radius 1 is 0.905 bits per heavy atom. The van der Waals surface area contributed by atoms with Crippen LogP contribution in [0.3, 0.4) is 0 Å². The van der Waals surface area contributed by atoms with Gasteiger partial charge < -0.3 is 5.32 Å². The lowest BCUT2D eigenvalue weighted by atomic mass is 10.0. The highest BCUT2D eigenvalue weighted by atomic mass is 19.2. The number of benzene rings is 2. The second kappa shape index (κ2) is 6.26. The standard InChI is InChI=1S/C16H15F4N/c1-9(2)21-8-10-3-4-13(17)12(5-10)11-6-14(18)16(20)15(19)7-11/h3-7,9,21H,8H2,1-2H3. The SMILES string of the molecule is CC(C)NCc1ccc(F)c(-c2cc(F)c(F)c(F)c2)c1. The smallest absolute Gasteiger partial charge is 0.194 e. The molecule has 112 valence electrons. The molecule has 0 amide bonds. The third kappa shape index (κ3) is 3.61. The zero-order valence-corrected chi connectivity index (χ0v) is 11.7. The van der Waals surface area contributed by atoms with Crippen molar-refractivity contribution in [3.63, 3.8) is 0 Å². The van der Waals surface area contributed by atoms with E-state index in [0.717, 1.165) is 17.7 Å². The molecule has 0 saturated heterocycles. The van der Waals surface area contributed by atoms with Gasteiger partial charge >= 0.3 is 0 Å². The van der Waals surface area contributed by atoms with Gasteiger partial charge in [-0.15, -0.1) is 0 Å². The minimum absolute atomic E-state index is 0.0321. The minimum atomic E-state index is -1.56. The molecule has 0 atom stereocenters. The summed E-state index contributed by atoms with van der Waals surface area (Å²) in [6.45, 7) is 4.43. The first kappa shape index (κ1) is 15.5. The second-order valence-corrected chi connectivity index (χ2v) is 5.10. The van der Waals surface area contributed by atoms with Crippen LogP contribution < -0.4 is 5.32 Å². The van der Waals surface area contributed by atoms with Crippen LogP contribution in [-0.2, 0) is 6.54 Å². The van der Waals surface area contributed by atoms with Gasteiger partial charge in [0.2, 0.25) is 0 Å². The largest absolute Gasteiger partial charge is 0.310 e. The summed E-state index contributed by atoms with van der Waals surface area (Å²) in [6, 6.07) is 6.14. The van der Waals surface area contributed by atoms with E-state index in [0.29, 0.717) is 6.54 Å². The first-order valence-corrected chi connectivity index (χ1v) is 6.55. The fourth-order valence-corrected chi connectivity index (χ4v) is 1.94. The average Bonchev–Trinajstić information content (AvgIpc) is 2.43. The molecule has 1 nitrogen and oxygen atoms in total. The van der Waals surface area contributed by atoms with Crippen LogP contribution in [0.25, 0.3) is 11.1 Å². The summed E-state index contributed by atoms with van der Waals surface area (Å²) in [6.07, 6.45) is 0. The van der Waals surface area contributed by atoms with Gasteiger partial charge in [-0.1, -0.05) is 19.9 Å². The van der Waals surface area contributed by atoms with Crippen LogP contribution in [0.4, 0.5) is 17.6 Å². The minimum Gasteiger partial charge on any atom is -0.310 e. The number of halogens is 4. The molecule has 0 radical (unpaired) electrons. The molecule has 0 unspecified atom stereocenters. The van der Waals surface area contributed by atoms with Crippen molar-refractivity contribution >= 4 is 0 Å². The summed E-state index contributed by atoms with van der Waals surface area (Å²) in [4.78, 5) is 0. The Hall–Kier alpha value is -1.88. The van der Waals surface area contributed by atoms with Crippen LogP contribution in [0.1, 0.15) is 19.4 Å². The van der Waals surface area contributed by atoms with Gasteiger partial charge in [-0.25, -0.2) is 17.6 Å². The van der Waals surface area contributed by atoms with E-state index in [4.69, 9.17) is 0 Å². The van der Waals surface area contributed by atoms with Gasteiger partial charge in [0.05, 0.1) is 0 Å². The quantitative estimate of drug-likeness (QED) is 0.651. The molecule has 21 heavy (non-hydrogen) atoms. The van der Waals surface area contributed by atoms with Gasteiger partial charge in [0.1, 0.15) is 5.82 Å². The fraction of sp³-hybridized carbons (Fsp3) is 0.250. The van der Waals surface area contributed by atoms with E-state index in [1.807, 2.05) is 13.8 Å². The molecule has 0 aliphatic heterocycles. The zero-order chi connectivity index (χ0) is 15.6. The molecule has 0 aromatic heterocycles. The van der Waals surface area contributed by atoms with Crippen molar-refractivity contribution < 1.29 is 17.6 Å². The molecular weight excluding hydrogens is 282 g/mol. The summed E-state index contributed by atoms with van der Waals surface area (Å²) in [7, 11) is 0. The maximum absolute atomic E-state index is 13.9. The Morgan fingerprint density at radius 3 is 2.10 bits per heavy atom. The van der Waals surface area contributed by atoms with Crippen molar-refractivity contribution in [2.45, 2.75) is 26.4 Å². The van der Waals surface area contributed by atoms with Crippen molar-refractivity contribution in [2.24, 2.45) is 0 Å². The third-order valence-corrected chi connectivity index (χ3v) is 3.04. The van der Waals surface area contributed by atoms with E-state index >= 15 is 0 Å². The van der Waals surface area contributed by atoms with Crippen molar-refractivity contribution in [3.05, 3.63) is 59.2 Å². The van der Waals surface area contributed by atoms with E-state index in [1.54, 1.807) is 6.07 Å². The molecule has 0 aliphatic rings. The maximum atomic E-state index is 13.9. The predicted molar refractivity (Wildman–Crippen MR) is 73.7 cm³/mol. The number of hydrogen-bond acceptors (Lipinski definition) is 1. The monoisotopic (exact) mass is 297 g/mol. The van der Waals surface area contributed by atoms with Gasteiger partial charge in [0.15, 0.2) is 17.5 Å². The fourth-order valence-electron chi connectivity index (χ4n) is 1.94. The van der Waals surface area contributed by atoms with E-state index in [9.17, 15) is 17.6 Å².